The number of aliphatic hydroxyl groups is 1. The first kappa shape index (κ1) is 12.9. The number of Topliss-reactive ketones (excluding diaryl/α,β-unsaturated/α-hetero) is 1. The fourth-order valence-electron chi connectivity index (χ4n) is 4.20. The molecular weight excluding hydrogens is 244 g/mol. The lowest BCUT2D eigenvalue weighted by molar-refractivity contribution is -0.143. The van der Waals surface area contributed by atoms with Gasteiger partial charge in [-0.2, -0.15) is 0 Å². The van der Waals surface area contributed by atoms with Gasteiger partial charge in [0.25, 0.3) is 0 Å². The molecule has 1 N–H and O–H groups in total. The minimum Gasteiger partial charge on any atom is -0.457 e. The summed E-state index contributed by atoms with van der Waals surface area (Å²) in [5, 5.41) is 10.4. The third-order valence-electron chi connectivity index (χ3n) is 5.31. The first-order valence-corrected chi connectivity index (χ1v) is 6.98. The van der Waals surface area contributed by atoms with Crippen molar-refractivity contribution < 1.29 is 19.4 Å². The van der Waals surface area contributed by atoms with Crippen LogP contribution in [0.5, 0.6) is 0 Å². The van der Waals surface area contributed by atoms with Crippen molar-refractivity contribution in [3.63, 3.8) is 0 Å². The van der Waals surface area contributed by atoms with Crippen LogP contribution in [0.25, 0.3) is 0 Å². The van der Waals surface area contributed by atoms with E-state index < -0.39 is 12.2 Å². The Morgan fingerprint density at radius 1 is 1.37 bits per heavy atom. The molecule has 104 valence electrons. The van der Waals surface area contributed by atoms with E-state index in [1.54, 1.807) is 6.92 Å². The highest BCUT2D eigenvalue weighted by Crippen LogP contribution is 2.54. The number of esters is 1. The van der Waals surface area contributed by atoms with Crippen molar-refractivity contribution in [1.82, 2.24) is 0 Å². The van der Waals surface area contributed by atoms with E-state index in [2.05, 4.69) is 6.92 Å². The molecule has 0 amide bonds. The highest BCUT2D eigenvalue weighted by atomic mass is 16.6. The van der Waals surface area contributed by atoms with Gasteiger partial charge in [0.15, 0.2) is 5.78 Å². The van der Waals surface area contributed by atoms with Gasteiger partial charge in [0, 0.05) is 12.3 Å². The number of ketones is 1. The molecule has 0 aromatic carbocycles. The zero-order valence-electron chi connectivity index (χ0n) is 11.6. The highest BCUT2D eigenvalue weighted by molar-refractivity contribution is 5.97. The number of aliphatic hydroxyl groups excluding tert-OH is 1. The zero-order valence-corrected chi connectivity index (χ0v) is 11.6. The zero-order chi connectivity index (χ0) is 13.9. The summed E-state index contributed by atoms with van der Waals surface area (Å²) in [7, 11) is 0. The van der Waals surface area contributed by atoms with Gasteiger partial charge in [-0.3, -0.25) is 9.59 Å². The largest absolute Gasteiger partial charge is 0.457 e. The number of hydrogen-bond acceptors (Lipinski definition) is 4. The average Bonchev–Trinajstić information content (AvgIpc) is 2.61. The number of carbonyl (C=O) groups excluding carboxylic acids is 2. The lowest BCUT2D eigenvalue weighted by atomic mass is 9.58. The SMILES string of the molecule is CC1=C2[C@@H]3OC(=O)[C@@H](C)[C@@H]3[C@@H](O)C[C@@]2(C)CCC1=O. The Morgan fingerprint density at radius 2 is 2.05 bits per heavy atom. The molecule has 2 aliphatic carbocycles. The van der Waals surface area contributed by atoms with Gasteiger partial charge in [0.2, 0.25) is 0 Å². The molecule has 19 heavy (non-hydrogen) atoms. The summed E-state index contributed by atoms with van der Waals surface area (Å²) in [6.45, 7) is 5.72. The first-order valence-electron chi connectivity index (χ1n) is 6.98. The van der Waals surface area contributed by atoms with Crippen molar-refractivity contribution in [1.29, 1.82) is 0 Å². The van der Waals surface area contributed by atoms with Crippen LogP contribution >= 0.6 is 0 Å². The molecule has 1 saturated heterocycles. The minimum absolute atomic E-state index is 0.151. The molecule has 3 rings (SSSR count). The van der Waals surface area contributed by atoms with E-state index in [-0.39, 0.29) is 29.0 Å². The second-order valence-electron chi connectivity index (χ2n) is 6.52. The molecule has 0 radical (unpaired) electrons. The number of allylic oxidation sites excluding steroid dienone is 1. The van der Waals surface area contributed by atoms with E-state index in [1.807, 2.05) is 6.92 Å². The Morgan fingerprint density at radius 3 is 2.74 bits per heavy atom. The van der Waals surface area contributed by atoms with Crippen LogP contribution in [0.15, 0.2) is 11.1 Å². The van der Waals surface area contributed by atoms with Gasteiger partial charge >= 0.3 is 5.97 Å². The monoisotopic (exact) mass is 264 g/mol. The Labute approximate surface area is 112 Å². The molecule has 2 fully saturated rings. The molecule has 0 unspecified atom stereocenters. The van der Waals surface area contributed by atoms with Crippen LogP contribution < -0.4 is 0 Å². The minimum atomic E-state index is -0.527. The van der Waals surface area contributed by atoms with Crippen LogP contribution in [-0.4, -0.2) is 29.1 Å². The van der Waals surface area contributed by atoms with Gasteiger partial charge in [-0.1, -0.05) is 13.8 Å². The second kappa shape index (κ2) is 3.92. The topological polar surface area (TPSA) is 63.6 Å². The van der Waals surface area contributed by atoms with Gasteiger partial charge in [-0.25, -0.2) is 0 Å². The molecule has 0 aromatic heterocycles. The maximum Gasteiger partial charge on any atom is 0.309 e. The summed E-state index contributed by atoms with van der Waals surface area (Å²) in [5.74, 6) is -0.590. The molecule has 0 spiro atoms. The molecule has 3 aliphatic rings. The molecular formula is C15H20O4. The lowest BCUT2D eigenvalue weighted by Gasteiger charge is -2.47. The van der Waals surface area contributed by atoms with E-state index in [4.69, 9.17) is 4.74 Å². The maximum absolute atomic E-state index is 12.0. The van der Waals surface area contributed by atoms with Crippen LogP contribution in [-0.2, 0) is 14.3 Å². The van der Waals surface area contributed by atoms with Crippen molar-refractivity contribution in [3.05, 3.63) is 11.1 Å². The Bertz CT molecular complexity index is 492. The molecule has 0 bridgehead atoms. The molecule has 4 heteroatoms. The predicted molar refractivity (Wildman–Crippen MR) is 68.2 cm³/mol. The summed E-state index contributed by atoms with van der Waals surface area (Å²) in [5.41, 5.74) is 1.51. The molecule has 4 nitrogen and oxygen atoms in total. The van der Waals surface area contributed by atoms with Crippen molar-refractivity contribution in [2.45, 2.75) is 52.2 Å². The van der Waals surface area contributed by atoms with E-state index in [0.717, 1.165) is 17.6 Å². The van der Waals surface area contributed by atoms with Crippen molar-refractivity contribution in [3.8, 4) is 0 Å². The van der Waals surface area contributed by atoms with Crippen molar-refractivity contribution >= 4 is 11.8 Å². The number of ether oxygens (including phenoxy) is 1. The van der Waals surface area contributed by atoms with E-state index >= 15 is 0 Å². The van der Waals surface area contributed by atoms with Crippen molar-refractivity contribution in [2.75, 3.05) is 0 Å². The Kier molecular flexibility index (Phi) is 2.65. The third-order valence-corrected chi connectivity index (χ3v) is 5.31. The standard InChI is InChI=1S/C15H20O4/c1-7-9(16)4-5-15(3)6-10(17)11-8(2)14(18)19-13(11)12(7)15/h8,10-11,13,17H,4-6H2,1-3H3/t8-,10-,11+,13+,15+/m0/s1. The van der Waals surface area contributed by atoms with Crippen LogP contribution in [0.2, 0.25) is 0 Å². The molecule has 1 heterocycles. The number of carbonyl (C=O) groups is 2. The van der Waals surface area contributed by atoms with Crippen LogP contribution in [0.3, 0.4) is 0 Å². The van der Waals surface area contributed by atoms with E-state index in [0.29, 0.717) is 12.8 Å². The van der Waals surface area contributed by atoms with E-state index in [9.17, 15) is 14.7 Å². The van der Waals surface area contributed by atoms with Crippen LogP contribution in [0.4, 0.5) is 0 Å². The Hall–Kier alpha value is -1.16. The molecule has 1 saturated carbocycles. The predicted octanol–water partition coefficient (Wildman–Crippen LogP) is 1.61. The van der Waals surface area contributed by atoms with Gasteiger partial charge < -0.3 is 9.84 Å². The number of hydrogen-bond donors (Lipinski definition) is 1. The number of rotatable bonds is 0. The van der Waals surface area contributed by atoms with Crippen LogP contribution in [0, 0.1) is 17.3 Å². The molecule has 0 aromatic rings. The number of fused-ring (bicyclic) bond motifs is 3. The van der Waals surface area contributed by atoms with Crippen molar-refractivity contribution in [2.24, 2.45) is 17.3 Å². The molecule has 1 aliphatic heterocycles. The fraction of sp³-hybridized carbons (Fsp3) is 0.733. The maximum atomic E-state index is 12.0. The molecule has 5 atom stereocenters. The van der Waals surface area contributed by atoms with Gasteiger partial charge in [0.05, 0.1) is 12.0 Å². The quantitative estimate of drug-likeness (QED) is 0.675. The summed E-state index contributed by atoms with van der Waals surface area (Å²) in [6.07, 6.45) is 0.959. The lowest BCUT2D eigenvalue weighted by Crippen LogP contribution is -2.48. The Balaban J connectivity index is 2.12. The first-order chi connectivity index (χ1) is 8.85. The summed E-state index contributed by atoms with van der Waals surface area (Å²) < 4.78 is 5.49. The van der Waals surface area contributed by atoms with E-state index in [1.165, 1.54) is 0 Å². The summed E-state index contributed by atoms with van der Waals surface area (Å²) in [6, 6.07) is 0. The smallest absolute Gasteiger partial charge is 0.309 e. The second-order valence-corrected chi connectivity index (χ2v) is 6.52. The highest BCUT2D eigenvalue weighted by Gasteiger charge is 2.57. The van der Waals surface area contributed by atoms with Gasteiger partial charge in [0.1, 0.15) is 6.10 Å². The third kappa shape index (κ3) is 1.62. The normalized spacial score (nSPS) is 45.9. The summed E-state index contributed by atoms with van der Waals surface area (Å²) in [4.78, 5) is 23.8. The average molecular weight is 264 g/mol. The van der Waals surface area contributed by atoms with Gasteiger partial charge in [-0.05, 0) is 36.3 Å². The van der Waals surface area contributed by atoms with Gasteiger partial charge in [-0.15, -0.1) is 0 Å². The fourth-order valence-corrected chi connectivity index (χ4v) is 4.20. The van der Waals surface area contributed by atoms with Crippen LogP contribution in [0.1, 0.15) is 40.0 Å². The summed E-state index contributed by atoms with van der Waals surface area (Å²) >= 11 is 0.